The van der Waals surface area contributed by atoms with Crippen molar-refractivity contribution in [3.63, 3.8) is 0 Å². The minimum absolute atomic E-state index is 0.0365. The lowest BCUT2D eigenvalue weighted by Crippen LogP contribution is -2.48. The van der Waals surface area contributed by atoms with Crippen LogP contribution in [-0.2, 0) is 0 Å². The van der Waals surface area contributed by atoms with E-state index in [1.807, 2.05) is 0 Å². The van der Waals surface area contributed by atoms with E-state index in [1.54, 1.807) is 6.92 Å². The first-order valence-corrected chi connectivity index (χ1v) is 6.95. The summed E-state index contributed by atoms with van der Waals surface area (Å²) in [6.07, 6.45) is -5.21. The van der Waals surface area contributed by atoms with Crippen LogP contribution in [0.2, 0.25) is 0 Å². The Morgan fingerprint density at radius 3 is 2.29 bits per heavy atom. The molecule has 0 aliphatic heterocycles. The molecule has 8 heteroatoms. The molecule has 120 valence electrons. The summed E-state index contributed by atoms with van der Waals surface area (Å²) in [5.41, 5.74) is -0.174. The highest BCUT2D eigenvalue weighted by Crippen LogP contribution is 2.46. The first kappa shape index (κ1) is 18.2. The Bertz CT molecular complexity index is 478. The van der Waals surface area contributed by atoms with Gasteiger partial charge in [0, 0.05) is 4.47 Å². The first-order chi connectivity index (χ1) is 9.65. The lowest BCUT2D eigenvalue weighted by Gasteiger charge is -2.30. The average molecular weight is 376 g/mol. The third-order valence-electron chi connectivity index (χ3n) is 2.86. The Hall–Kier alpha value is -0.890. The van der Waals surface area contributed by atoms with Gasteiger partial charge in [-0.15, -0.1) is 0 Å². The quantitative estimate of drug-likeness (QED) is 0.727. The molecule has 1 atom stereocenters. The highest BCUT2D eigenvalue weighted by molar-refractivity contribution is 9.10. The van der Waals surface area contributed by atoms with Crippen molar-refractivity contribution in [3.8, 4) is 5.75 Å². The SMILES string of the molecule is CCCNC(c1ccc(OC)cc1Br)C(F)(F)C(F)(F)F. The molecule has 0 radical (unpaired) electrons. The van der Waals surface area contributed by atoms with Crippen molar-refractivity contribution in [2.24, 2.45) is 0 Å². The van der Waals surface area contributed by atoms with Crippen LogP contribution in [-0.4, -0.2) is 25.8 Å². The van der Waals surface area contributed by atoms with Crippen LogP contribution >= 0.6 is 15.9 Å². The van der Waals surface area contributed by atoms with Gasteiger partial charge < -0.3 is 10.1 Å². The van der Waals surface area contributed by atoms with E-state index >= 15 is 0 Å². The van der Waals surface area contributed by atoms with Crippen molar-refractivity contribution in [2.75, 3.05) is 13.7 Å². The molecule has 0 aliphatic carbocycles. The molecule has 0 aliphatic rings. The first-order valence-electron chi connectivity index (χ1n) is 6.16. The number of benzene rings is 1. The number of ether oxygens (including phenoxy) is 1. The van der Waals surface area contributed by atoms with Gasteiger partial charge in [0.05, 0.1) is 7.11 Å². The Morgan fingerprint density at radius 1 is 1.24 bits per heavy atom. The van der Waals surface area contributed by atoms with Crippen molar-refractivity contribution in [1.29, 1.82) is 0 Å². The van der Waals surface area contributed by atoms with Crippen LogP contribution in [0.1, 0.15) is 24.9 Å². The zero-order valence-electron chi connectivity index (χ0n) is 11.4. The number of halogens is 6. The standard InChI is InChI=1S/C13H15BrF5NO/c1-3-6-20-11(12(15,16)13(17,18)19)9-5-4-8(21-2)7-10(9)14/h4-5,7,11,20H,3,6H2,1-2H3. The fraction of sp³-hybridized carbons (Fsp3) is 0.538. The monoisotopic (exact) mass is 375 g/mol. The molecule has 0 spiro atoms. The van der Waals surface area contributed by atoms with Crippen LogP contribution in [0.3, 0.4) is 0 Å². The number of hydrogen-bond donors (Lipinski definition) is 1. The molecular weight excluding hydrogens is 361 g/mol. The zero-order valence-corrected chi connectivity index (χ0v) is 13.0. The van der Waals surface area contributed by atoms with E-state index in [9.17, 15) is 22.0 Å². The highest BCUT2D eigenvalue weighted by Gasteiger charge is 2.62. The summed E-state index contributed by atoms with van der Waals surface area (Å²) in [6, 6.07) is 1.71. The van der Waals surface area contributed by atoms with Crippen LogP contribution in [0.4, 0.5) is 22.0 Å². The molecular formula is C13H15BrF5NO. The molecule has 0 amide bonds. The number of methoxy groups -OCH3 is 1. The Balaban J connectivity index is 3.25. The second kappa shape index (κ2) is 6.91. The van der Waals surface area contributed by atoms with Gasteiger partial charge in [0.2, 0.25) is 0 Å². The number of nitrogens with one attached hydrogen (secondary N) is 1. The molecule has 1 N–H and O–H groups in total. The second-order valence-corrected chi connectivity index (χ2v) is 5.25. The van der Waals surface area contributed by atoms with Crippen LogP contribution in [0.5, 0.6) is 5.75 Å². The molecule has 0 saturated carbocycles. The maximum Gasteiger partial charge on any atom is 0.455 e. The summed E-state index contributed by atoms with van der Waals surface area (Å²) < 4.78 is 70.4. The van der Waals surface area contributed by atoms with Gasteiger partial charge in [0.1, 0.15) is 11.8 Å². The molecule has 1 aromatic rings. The predicted octanol–water partition coefficient (Wildman–Crippen LogP) is 4.70. The molecule has 0 aromatic heterocycles. The molecule has 0 heterocycles. The van der Waals surface area contributed by atoms with Gasteiger partial charge in [-0.3, -0.25) is 0 Å². The summed E-state index contributed by atoms with van der Waals surface area (Å²) in [7, 11) is 1.37. The molecule has 21 heavy (non-hydrogen) atoms. The molecule has 0 fully saturated rings. The summed E-state index contributed by atoms with van der Waals surface area (Å²) in [5, 5.41) is 2.27. The average Bonchev–Trinajstić information content (AvgIpc) is 2.39. The van der Waals surface area contributed by atoms with Crippen LogP contribution in [0.15, 0.2) is 22.7 Å². The van der Waals surface area contributed by atoms with Gasteiger partial charge in [-0.1, -0.05) is 28.9 Å². The van der Waals surface area contributed by atoms with Crippen LogP contribution < -0.4 is 10.1 Å². The molecule has 0 bridgehead atoms. The van der Waals surface area contributed by atoms with E-state index in [1.165, 1.54) is 25.3 Å². The summed E-state index contributed by atoms with van der Waals surface area (Å²) >= 11 is 3.02. The smallest absolute Gasteiger partial charge is 0.455 e. The summed E-state index contributed by atoms with van der Waals surface area (Å²) in [5.74, 6) is -4.53. The molecule has 0 saturated heterocycles. The molecule has 1 unspecified atom stereocenters. The van der Waals surface area contributed by atoms with Crippen molar-refractivity contribution in [2.45, 2.75) is 31.5 Å². The van der Waals surface area contributed by atoms with Gasteiger partial charge in [-0.05, 0) is 30.7 Å². The van der Waals surface area contributed by atoms with Gasteiger partial charge in [0.25, 0.3) is 0 Å². The van der Waals surface area contributed by atoms with E-state index in [4.69, 9.17) is 4.74 Å². The minimum Gasteiger partial charge on any atom is -0.497 e. The summed E-state index contributed by atoms with van der Waals surface area (Å²) in [6.45, 7) is 1.72. The van der Waals surface area contributed by atoms with E-state index in [-0.39, 0.29) is 16.6 Å². The zero-order chi connectivity index (χ0) is 16.3. The predicted molar refractivity (Wildman–Crippen MR) is 72.7 cm³/mol. The molecule has 1 rings (SSSR count). The minimum atomic E-state index is -5.64. The maximum absolute atomic E-state index is 13.7. The number of rotatable bonds is 6. The van der Waals surface area contributed by atoms with Gasteiger partial charge in [-0.2, -0.15) is 22.0 Å². The fourth-order valence-corrected chi connectivity index (χ4v) is 2.34. The lowest BCUT2D eigenvalue weighted by molar-refractivity contribution is -0.294. The Kier molecular flexibility index (Phi) is 5.98. The van der Waals surface area contributed by atoms with Crippen LogP contribution in [0, 0.1) is 0 Å². The second-order valence-electron chi connectivity index (χ2n) is 4.40. The Labute approximate surface area is 127 Å². The highest BCUT2D eigenvalue weighted by atomic mass is 79.9. The third-order valence-corrected chi connectivity index (χ3v) is 3.54. The van der Waals surface area contributed by atoms with Crippen molar-refractivity contribution in [3.05, 3.63) is 28.2 Å². The van der Waals surface area contributed by atoms with E-state index in [2.05, 4.69) is 21.2 Å². The molecule has 1 aromatic carbocycles. The third kappa shape index (κ3) is 4.06. The number of hydrogen-bond acceptors (Lipinski definition) is 2. The van der Waals surface area contributed by atoms with E-state index in [0.29, 0.717) is 12.2 Å². The van der Waals surface area contributed by atoms with Crippen molar-refractivity contribution >= 4 is 15.9 Å². The van der Waals surface area contributed by atoms with E-state index < -0.39 is 18.1 Å². The van der Waals surface area contributed by atoms with Gasteiger partial charge in [-0.25, -0.2) is 0 Å². The van der Waals surface area contributed by atoms with Crippen molar-refractivity contribution < 1.29 is 26.7 Å². The lowest BCUT2D eigenvalue weighted by atomic mass is 9.99. The van der Waals surface area contributed by atoms with E-state index in [0.717, 1.165) is 0 Å². The van der Waals surface area contributed by atoms with Gasteiger partial charge in [0.15, 0.2) is 0 Å². The number of alkyl halides is 5. The summed E-state index contributed by atoms with van der Waals surface area (Å²) in [4.78, 5) is 0. The van der Waals surface area contributed by atoms with Crippen molar-refractivity contribution in [1.82, 2.24) is 5.32 Å². The normalized spacial score (nSPS) is 14.1. The largest absolute Gasteiger partial charge is 0.497 e. The topological polar surface area (TPSA) is 21.3 Å². The van der Waals surface area contributed by atoms with Gasteiger partial charge >= 0.3 is 12.1 Å². The molecule has 2 nitrogen and oxygen atoms in total. The van der Waals surface area contributed by atoms with Crippen LogP contribution in [0.25, 0.3) is 0 Å². The maximum atomic E-state index is 13.7. The fourth-order valence-electron chi connectivity index (χ4n) is 1.75. The Morgan fingerprint density at radius 2 is 1.86 bits per heavy atom.